The average Bonchev–Trinajstić information content (AvgIpc) is 3.16. The second-order valence-corrected chi connectivity index (χ2v) is 4.95. The third-order valence-corrected chi connectivity index (χ3v) is 3.76. The zero-order chi connectivity index (χ0) is 13.9. The Hall–Kier alpha value is -2.23. The zero-order valence-corrected chi connectivity index (χ0v) is 11.4. The third-order valence-electron chi connectivity index (χ3n) is 3.76. The normalized spacial score (nSPS) is 18.2. The number of nitrogens with zero attached hydrogens (tertiary/aromatic N) is 1. The molecule has 2 aromatic rings. The molecule has 104 valence electrons. The number of carbonyl (C=O) groups excluding carboxylic acids is 1. The van der Waals surface area contributed by atoms with Gasteiger partial charge >= 0.3 is 0 Å². The fourth-order valence-electron chi connectivity index (χ4n) is 2.69. The number of carbonyl (C=O) groups is 1. The molecule has 0 bridgehead atoms. The number of ether oxygens (including phenoxy) is 1. The standard InChI is InChI=1S/C16H17NO3/c1-19-15-6-3-2-5-13(15)16(18)17-9-8-12(11-17)14-7-4-10-20-14/h2-7,10,12H,8-9,11H2,1H3. The van der Waals surface area contributed by atoms with Gasteiger partial charge in [0.25, 0.3) is 5.91 Å². The Morgan fingerprint density at radius 3 is 2.90 bits per heavy atom. The molecule has 1 unspecified atom stereocenters. The number of para-hydroxylation sites is 1. The fraction of sp³-hybridized carbons (Fsp3) is 0.312. The van der Waals surface area contributed by atoms with Crippen LogP contribution in [0.25, 0.3) is 0 Å². The molecule has 3 rings (SSSR count). The maximum absolute atomic E-state index is 12.6. The molecule has 1 aliphatic rings. The van der Waals surface area contributed by atoms with E-state index >= 15 is 0 Å². The molecule has 1 aromatic heterocycles. The lowest BCUT2D eigenvalue weighted by Crippen LogP contribution is -2.28. The summed E-state index contributed by atoms with van der Waals surface area (Å²) in [7, 11) is 1.59. The molecule has 1 fully saturated rings. The number of rotatable bonds is 3. The lowest BCUT2D eigenvalue weighted by molar-refractivity contribution is 0.0786. The van der Waals surface area contributed by atoms with Crippen LogP contribution in [0, 0.1) is 0 Å². The predicted octanol–water partition coefficient (Wildman–Crippen LogP) is 2.92. The minimum atomic E-state index is 0.0245. The highest BCUT2D eigenvalue weighted by Gasteiger charge is 2.30. The Labute approximate surface area is 118 Å². The van der Waals surface area contributed by atoms with E-state index in [9.17, 15) is 4.79 Å². The van der Waals surface area contributed by atoms with E-state index in [-0.39, 0.29) is 5.91 Å². The van der Waals surface area contributed by atoms with Crippen molar-refractivity contribution in [1.29, 1.82) is 0 Å². The highest BCUT2D eigenvalue weighted by molar-refractivity contribution is 5.97. The van der Waals surface area contributed by atoms with Gasteiger partial charge in [0.15, 0.2) is 0 Å². The summed E-state index contributed by atoms with van der Waals surface area (Å²) in [4.78, 5) is 14.4. The Kier molecular flexibility index (Phi) is 3.46. The fourth-order valence-corrected chi connectivity index (χ4v) is 2.69. The van der Waals surface area contributed by atoms with E-state index in [0.717, 1.165) is 18.7 Å². The third kappa shape index (κ3) is 2.29. The minimum Gasteiger partial charge on any atom is -0.496 e. The van der Waals surface area contributed by atoms with E-state index in [1.54, 1.807) is 19.4 Å². The van der Waals surface area contributed by atoms with E-state index in [2.05, 4.69) is 0 Å². The molecule has 1 atom stereocenters. The molecule has 0 saturated carbocycles. The molecule has 4 nitrogen and oxygen atoms in total. The van der Waals surface area contributed by atoms with Gasteiger partial charge < -0.3 is 14.1 Å². The number of methoxy groups -OCH3 is 1. The van der Waals surface area contributed by atoms with Crippen molar-refractivity contribution >= 4 is 5.91 Å². The van der Waals surface area contributed by atoms with Crippen LogP contribution in [0.5, 0.6) is 5.75 Å². The van der Waals surface area contributed by atoms with Crippen molar-refractivity contribution in [3.63, 3.8) is 0 Å². The van der Waals surface area contributed by atoms with Gasteiger partial charge in [-0.05, 0) is 30.7 Å². The van der Waals surface area contributed by atoms with Crippen LogP contribution in [-0.4, -0.2) is 31.0 Å². The summed E-state index contributed by atoms with van der Waals surface area (Å²) >= 11 is 0. The molecule has 0 radical (unpaired) electrons. The topological polar surface area (TPSA) is 42.7 Å². The molecule has 1 aromatic carbocycles. The summed E-state index contributed by atoms with van der Waals surface area (Å²) in [5, 5.41) is 0. The molecular weight excluding hydrogens is 254 g/mol. The number of amides is 1. The quantitative estimate of drug-likeness (QED) is 0.862. The van der Waals surface area contributed by atoms with Crippen LogP contribution in [0.2, 0.25) is 0 Å². The lowest BCUT2D eigenvalue weighted by Gasteiger charge is -2.17. The van der Waals surface area contributed by atoms with E-state index in [4.69, 9.17) is 9.15 Å². The molecule has 0 aliphatic carbocycles. The molecule has 1 amide bonds. The summed E-state index contributed by atoms with van der Waals surface area (Å²) < 4.78 is 10.7. The van der Waals surface area contributed by atoms with E-state index < -0.39 is 0 Å². The summed E-state index contributed by atoms with van der Waals surface area (Å²) in [5.74, 6) is 1.90. The van der Waals surface area contributed by atoms with Crippen LogP contribution in [0.4, 0.5) is 0 Å². The maximum Gasteiger partial charge on any atom is 0.257 e. The van der Waals surface area contributed by atoms with Crippen molar-refractivity contribution in [2.75, 3.05) is 20.2 Å². The Morgan fingerprint density at radius 1 is 1.30 bits per heavy atom. The molecular formula is C16H17NO3. The summed E-state index contributed by atoms with van der Waals surface area (Å²) in [5.41, 5.74) is 0.620. The van der Waals surface area contributed by atoms with Crippen LogP contribution in [0.1, 0.15) is 28.5 Å². The van der Waals surface area contributed by atoms with Gasteiger partial charge in [0.1, 0.15) is 11.5 Å². The van der Waals surface area contributed by atoms with Gasteiger partial charge in [0.2, 0.25) is 0 Å². The number of hydrogen-bond donors (Lipinski definition) is 0. The van der Waals surface area contributed by atoms with E-state index in [1.165, 1.54) is 0 Å². The summed E-state index contributed by atoms with van der Waals surface area (Å²) in [6.07, 6.45) is 2.62. The van der Waals surface area contributed by atoms with Crippen molar-refractivity contribution < 1.29 is 13.9 Å². The molecule has 4 heteroatoms. The highest BCUT2D eigenvalue weighted by atomic mass is 16.5. The lowest BCUT2D eigenvalue weighted by atomic mass is 10.1. The van der Waals surface area contributed by atoms with Crippen molar-refractivity contribution in [1.82, 2.24) is 4.90 Å². The first-order valence-electron chi connectivity index (χ1n) is 6.75. The van der Waals surface area contributed by atoms with E-state index in [0.29, 0.717) is 23.8 Å². The Balaban J connectivity index is 1.76. The SMILES string of the molecule is COc1ccccc1C(=O)N1CCC(c2ccco2)C1. The molecule has 0 N–H and O–H groups in total. The van der Waals surface area contributed by atoms with Gasteiger partial charge in [-0.15, -0.1) is 0 Å². The van der Waals surface area contributed by atoms with Crippen LogP contribution >= 0.6 is 0 Å². The van der Waals surface area contributed by atoms with Crippen LogP contribution in [0.15, 0.2) is 47.1 Å². The molecule has 2 heterocycles. The first-order chi connectivity index (χ1) is 9.79. The van der Waals surface area contributed by atoms with Gasteiger partial charge in [-0.3, -0.25) is 4.79 Å². The average molecular weight is 271 g/mol. The Bertz CT molecular complexity index is 592. The van der Waals surface area contributed by atoms with Crippen molar-refractivity contribution in [2.45, 2.75) is 12.3 Å². The zero-order valence-electron chi connectivity index (χ0n) is 11.4. The summed E-state index contributed by atoms with van der Waals surface area (Å²) in [6.45, 7) is 1.45. The molecule has 1 saturated heterocycles. The minimum absolute atomic E-state index is 0.0245. The molecule has 1 aliphatic heterocycles. The largest absolute Gasteiger partial charge is 0.496 e. The van der Waals surface area contributed by atoms with Crippen molar-refractivity contribution in [2.24, 2.45) is 0 Å². The number of likely N-dealkylation sites (tertiary alicyclic amines) is 1. The van der Waals surface area contributed by atoms with Crippen LogP contribution < -0.4 is 4.74 Å². The predicted molar refractivity (Wildman–Crippen MR) is 75.0 cm³/mol. The molecule has 0 spiro atoms. The highest BCUT2D eigenvalue weighted by Crippen LogP contribution is 2.29. The van der Waals surface area contributed by atoms with Crippen molar-refractivity contribution in [3.8, 4) is 5.75 Å². The van der Waals surface area contributed by atoms with Crippen molar-refractivity contribution in [3.05, 3.63) is 54.0 Å². The number of benzene rings is 1. The monoisotopic (exact) mass is 271 g/mol. The van der Waals surface area contributed by atoms with Gasteiger partial charge in [-0.25, -0.2) is 0 Å². The van der Waals surface area contributed by atoms with Crippen LogP contribution in [-0.2, 0) is 0 Å². The first kappa shape index (κ1) is 12.8. The second kappa shape index (κ2) is 5.41. The van der Waals surface area contributed by atoms with Crippen LogP contribution in [0.3, 0.4) is 0 Å². The Morgan fingerprint density at radius 2 is 2.15 bits per heavy atom. The number of furan rings is 1. The van der Waals surface area contributed by atoms with Gasteiger partial charge in [0.05, 0.1) is 18.9 Å². The first-order valence-corrected chi connectivity index (χ1v) is 6.75. The second-order valence-electron chi connectivity index (χ2n) is 4.95. The van der Waals surface area contributed by atoms with Gasteiger partial charge in [0, 0.05) is 19.0 Å². The van der Waals surface area contributed by atoms with Gasteiger partial charge in [-0.2, -0.15) is 0 Å². The van der Waals surface area contributed by atoms with Gasteiger partial charge in [-0.1, -0.05) is 12.1 Å². The maximum atomic E-state index is 12.6. The molecule has 20 heavy (non-hydrogen) atoms. The van der Waals surface area contributed by atoms with E-state index in [1.807, 2.05) is 35.2 Å². The smallest absolute Gasteiger partial charge is 0.257 e. The number of hydrogen-bond acceptors (Lipinski definition) is 3. The summed E-state index contributed by atoms with van der Waals surface area (Å²) in [6, 6.07) is 11.2.